The van der Waals surface area contributed by atoms with Crippen LogP contribution in [-0.2, 0) is 4.79 Å². The number of carbonyl (C=O) groups excluding carboxylic acids is 2. The number of amides is 2. The Morgan fingerprint density at radius 3 is 2.67 bits per heavy atom. The average Bonchev–Trinajstić information content (AvgIpc) is 2.36. The van der Waals surface area contributed by atoms with Crippen LogP contribution < -0.4 is 20.3 Å². The largest absolute Gasteiger partial charge is 0.486 e. The first-order chi connectivity index (χ1) is 8.58. The number of hydrazine groups is 1. The zero-order chi connectivity index (χ0) is 13.1. The lowest BCUT2D eigenvalue weighted by molar-refractivity contribution is -0.119. The second-order valence-corrected chi connectivity index (χ2v) is 4.02. The van der Waals surface area contributed by atoms with Crippen LogP contribution in [0.5, 0.6) is 11.5 Å². The summed E-state index contributed by atoms with van der Waals surface area (Å²) in [5.74, 6) is -0.00298. The zero-order valence-corrected chi connectivity index (χ0v) is 10.3. The molecule has 2 amide bonds. The predicted octanol–water partition coefficient (Wildman–Crippen LogP) is 0.892. The molecule has 0 radical (unpaired) electrons. The number of fused-ring (bicyclic) bond motifs is 1. The first-order valence-corrected chi connectivity index (χ1v) is 5.62. The van der Waals surface area contributed by atoms with Crippen molar-refractivity contribution in [3.63, 3.8) is 0 Å². The molecule has 7 heteroatoms. The fraction of sp³-hybridized carbons (Fsp3) is 0.273. The van der Waals surface area contributed by atoms with Crippen LogP contribution in [0.15, 0.2) is 12.1 Å². The van der Waals surface area contributed by atoms with Gasteiger partial charge in [0.1, 0.15) is 13.2 Å². The van der Waals surface area contributed by atoms with Gasteiger partial charge in [-0.3, -0.25) is 20.4 Å². The first kappa shape index (κ1) is 12.5. The average molecular weight is 271 g/mol. The molecule has 0 fully saturated rings. The lowest BCUT2D eigenvalue weighted by Crippen LogP contribution is -2.40. The lowest BCUT2D eigenvalue weighted by atomic mass is 10.2. The smallest absolute Gasteiger partial charge is 0.269 e. The van der Waals surface area contributed by atoms with Crippen LogP contribution in [0.3, 0.4) is 0 Å². The number of rotatable bonds is 1. The van der Waals surface area contributed by atoms with Crippen molar-refractivity contribution in [3.8, 4) is 11.5 Å². The second kappa shape index (κ2) is 5.14. The summed E-state index contributed by atoms with van der Waals surface area (Å²) in [5, 5.41) is 0.292. The summed E-state index contributed by atoms with van der Waals surface area (Å²) in [6, 6.07) is 2.96. The van der Waals surface area contributed by atoms with Crippen LogP contribution in [0.2, 0.25) is 5.02 Å². The van der Waals surface area contributed by atoms with Crippen molar-refractivity contribution in [2.45, 2.75) is 6.92 Å². The van der Waals surface area contributed by atoms with E-state index in [1.807, 2.05) is 0 Å². The minimum absolute atomic E-state index is 0.276. The van der Waals surface area contributed by atoms with E-state index in [0.717, 1.165) is 0 Å². The maximum atomic E-state index is 11.7. The molecule has 2 N–H and O–H groups in total. The van der Waals surface area contributed by atoms with Crippen molar-refractivity contribution < 1.29 is 19.1 Å². The van der Waals surface area contributed by atoms with Crippen molar-refractivity contribution in [1.29, 1.82) is 0 Å². The molecule has 18 heavy (non-hydrogen) atoms. The molecule has 0 saturated carbocycles. The Balaban J connectivity index is 2.21. The van der Waals surface area contributed by atoms with Crippen LogP contribution in [0, 0.1) is 0 Å². The van der Waals surface area contributed by atoms with Crippen molar-refractivity contribution in [2.24, 2.45) is 0 Å². The molecule has 1 aromatic carbocycles. The van der Waals surface area contributed by atoms with E-state index in [1.165, 1.54) is 19.1 Å². The lowest BCUT2D eigenvalue weighted by Gasteiger charge is -2.20. The van der Waals surface area contributed by atoms with Crippen LogP contribution >= 0.6 is 11.6 Å². The van der Waals surface area contributed by atoms with Gasteiger partial charge < -0.3 is 9.47 Å². The third kappa shape index (κ3) is 2.65. The molecule has 1 heterocycles. The fourth-order valence-corrected chi connectivity index (χ4v) is 1.72. The monoisotopic (exact) mass is 270 g/mol. The Bertz CT molecular complexity index is 504. The molecular weight excluding hydrogens is 260 g/mol. The highest BCUT2D eigenvalue weighted by Crippen LogP contribution is 2.38. The van der Waals surface area contributed by atoms with E-state index in [-0.39, 0.29) is 11.5 Å². The summed E-state index contributed by atoms with van der Waals surface area (Å²) in [4.78, 5) is 22.4. The Hall–Kier alpha value is -1.95. The van der Waals surface area contributed by atoms with Crippen LogP contribution in [-0.4, -0.2) is 25.0 Å². The molecule has 0 aromatic heterocycles. The van der Waals surface area contributed by atoms with Crippen LogP contribution in [0.4, 0.5) is 0 Å². The second-order valence-electron chi connectivity index (χ2n) is 3.62. The summed E-state index contributed by atoms with van der Waals surface area (Å²) in [7, 11) is 0. The Morgan fingerprint density at radius 2 is 1.94 bits per heavy atom. The molecule has 0 spiro atoms. The van der Waals surface area contributed by atoms with E-state index >= 15 is 0 Å². The number of hydrogen-bond acceptors (Lipinski definition) is 4. The highest BCUT2D eigenvalue weighted by atomic mass is 35.5. The number of halogens is 1. The van der Waals surface area contributed by atoms with Gasteiger partial charge in [-0.1, -0.05) is 11.6 Å². The highest BCUT2D eigenvalue weighted by Gasteiger charge is 2.19. The first-order valence-electron chi connectivity index (χ1n) is 5.24. The maximum Gasteiger partial charge on any atom is 0.269 e. The van der Waals surface area contributed by atoms with Gasteiger partial charge in [0, 0.05) is 12.5 Å². The fourth-order valence-electron chi connectivity index (χ4n) is 1.46. The third-order valence-corrected chi connectivity index (χ3v) is 2.49. The van der Waals surface area contributed by atoms with E-state index in [9.17, 15) is 9.59 Å². The molecule has 0 unspecified atom stereocenters. The standard InChI is InChI=1S/C11H11ClN2O4/c1-6(15)13-14-11(16)7-4-8(12)10-9(5-7)17-2-3-18-10/h4-5H,2-3H2,1H3,(H,13,15)(H,14,16). The van der Waals surface area contributed by atoms with E-state index in [0.29, 0.717) is 29.7 Å². The summed E-state index contributed by atoms with van der Waals surface area (Å²) in [5.41, 5.74) is 4.70. The van der Waals surface area contributed by atoms with Gasteiger partial charge in [0.2, 0.25) is 5.91 Å². The molecule has 1 aliphatic heterocycles. The minimum Gasteiger partial charge on any atom is -0.486 e. The summed E-state index contributed by atoms with van der Waals surface area (Å²) in [6.45, 7) is 2.11. The summed E-state index contributed by atoms with van der Waals surface area (Å²) >= 11 is 5.98. The van der Waals surface area contributed by atoms with Crippen LogP contribution in [0.25, 0.3) is 0 Å². The zero-order valence-electron chi connectivity index (χ0n) is 9.58. The van der Waals surface area contributed by atoms with Gasteiger partial charge in [-0.05, 0) is 12.1 Å². The molecule has 6 nitrogen and oxygen atoms in total. The van der Waals surface area contributed by atoms with Crippen molar-refractivity contribution in [3.05, 3.63) is 22.7 Å². The number of ether oxygens (including phenoxy) is 2. The third-order valence-electron chi connectivity index (χ3n) is 2.21. The van der Waals surface area contributed by atoms with E-state index in [1.54, 1.807) is 0 Å². The Morgan fingerprint density at radius 1 is 1.22 bits per heavy atom. The van der Waals surface area contributed by atoms with Crippen molar-refractivity contribution in [1.82, 2.24) is 10.9 Å². The number of hydrogen-bond donors (Lipinski definition) is 2. The number of carbonyl (C=O) groups is 2. The Labute approximate surface area is 108 Å². The molecule has 2 rings (SSSR count). The highest BCUT2D eigenvalue weighted by molar-refractivity contribution is 6.32. The molecule has 0 aliphatic carbocycles. The van der Waals surface area contributed by atoms with Gasteiger partial charge in [0.15, 0.2) is 11.5 Å². The summed E-state index contributed by atoms with van der Waals surface area (Å²) in [6.07, 6.45) is 0. The van der Waals surface area contributed by atoms with E-state index in [2.05, 4.69) is 10.9 Å². The van der Waals surface area contributed by atoms with Gasteiger partial charge in [0.05, 0.1) is 5.02 Å². The molecule has 1 aromatic rings. The summed E-state index contributed by atoms with van der Waals surface area (Å²) < 4.78 is 10.7. The number of benzene rings is 1. The quantitative estimate of drug-likeness (QED) is 0.743. The molecule has 0 bridgehead atoms. The minimum atomic E-state index is -0.482. The molecule has 1 aliphatic rings. The molecular formula is C11H11ClN2O4. The molecule has 0 saturated heterocycles. The van der Waals surface area contributed by atoms with Gasteiger partial charge in [-0.15, -0.1) is 0 Å². The van der Waals surface area contributed by atoms with Crippen molar-refractivity contribution >= 4 is 23.4 Å². The van der Waals surface area contributed by atoms with Gasteiger partial charge in [-0.25, -0.2) is 0 Å². The van der Waals surface area contributed by atoms with E-state index < -0.39 is 5.91 Å². The number of nitrogens with one attached hydrogen (secondary N) is 2. The van der Waals surface area contributed by atoms with Crippen molar-refractivity contribution in [2.75, 3.05) is 13.2 Å². The Kier molecular flexibility index (Phi) is 3.57. The van der Waals surface area contributed by atoms with E-state index in [4.69, 9.17) is 21.1 Å². The normalized spacial score (nSPS) is 12.8. The molecule has 0 atom stereocenters. The maximum absolute atomic E-state index is 11.7. The molecule has 96 valence electrons. The van der Waals surface area contributed by atoms with Gasteiger partial charge in [-0.2, -0.15) is 0 Å². The SMILES string of the molecule is CC(=O)NNC(=O)c1cc(Cl)c2c(c1)OCCO2. The van der Waals surface area contributed by atoms with Gasteiger partial charge >= 0.3 is 0 Å². The topological polar surface area (TPSA) is 76.7 Å². The predicted molar refractivity (Wildman–Crippen MR) is 63.7 cm³/mol. The van der Waals surface area contributed by atoms with Crippen LogP contribution in [0.1, 0.15) is 17.3 Å². The van der Waals surface area contributed by atoms with Gasteiger partial charge in [0.25, 0.3) is 5.91 Å².